The second kappa shape index (κ2) is 6.27. The fraction of sp³-hybridized carbons (Fsp3) is 0.0714. The van der Waals surface area contributed by atoms with Crippen LogP contribution in [0.5, 0.6) is 5.75 Å². The maximum Gasteiger partial charge on any atom is 0.261 e. The standard InChI is InChI=1S/C14H13NO5S/c16-14(17)10-20-12-6-8-13(9-7-12)21(18,19)15-11-4-2-1-3-5-11/h1-9,15H,10H2,(H,16,17)/p-1. The molecule has 0 radical (unpaired) electrons. The lowest BCUT2D eigenvalue weighted by atomic mass is 10.3. The Labute approximate surface area is 122 Å². The van der Waals surface area contributed by atoms with E-state index in [0.29, 0.717) is 5.69 Å². The first-order chi connectivity index (χ1) is 9.97. The monoisotopic (exact) mass is 306 g/mol. The van der Waals surface area contributed by atoms with Gasteiger partial charge in [0.15, 0.2) is 0 Å². The Kier molecular flexibility index (Phi) is 4.44. The zero-order valence-electron chi connectivity index (χ0n) is 10.9. The van der Waals surface area contributed by atoms with E-state index in [2.05, 4.69) is 4.72 Å². The van der Waals surface area contributed by atoms with Gasteiger partial charge in [-0.15, -0.1) is 0 Å². The van der Waals surface area contributed by atoms with Crippen LogP contribution in [-0.2, 0) is 14.8 Å². The number of carboxylic acids is 1. The Balaban J connectivity index is 2.12. The highest BCUT2D eigenvalue weighted by Gasteiger charge is 2.13. The van der Waals surface area contributed by atoms with Crippen LogP contribution in [0.25, 0.3) is 0 Å². The number of rotatable bonds is 6. The molecule has 0 spiro atoms. The van der Waals surface area contributed by atoms with E-state index in [0.717, 1.165) is 0 Å². The Morgan fingerprint density at radius 3 is 2.24 bits per heavy atom. The molecule has 2 aromatic carbocycles. The lowest BCUT2D eigenvalue weighted by Crippen LogP contribution is -2.28. The van der Waals surface area contributed by atoms with Crippen molar-refractivity contribution in [3.05, 3.63) is 54.6 Å². The maximum absolute atomic E-state index is 12.1. The SMILES string of the molecule is O=C([O-])COc1ccc(S(=O)(=O)Nc2ccccc2)cc1. The highest BCUT2D eigenvalue weighted by atomic mass is 32.2. The van der Waals surface area contributed by atoms with Gasteiger partial charge in [-0.2, -0.15) is 0 Å². The van der Waals surface area contributed by atoms with Crippen molar-refractivity contribution in [1.29, 1.82) is 0 Å². The Morgan fingerprint density at radius 1 is 1.05 bits per heavy atom. The van der Waals surface area contributed by atoms with Gasteiger partial charge in [0.05, 0.1) is 10.9 Å². The number of ether oxygens (including phenoxy) is 1. The van der Waals surface area contributed by atoms with Gasteiger partial charge >= 0.3 is 0 Å². The van der Waals surface area contributed by atoms with Gasteiger partial charge in [-0.25, -0.2) is 8.42 Å². The molecule has 0 aliphatic rings. The van der Waals surface area contributed by atoms with Crippen LogP contribution in [0.2, 0.25) is 0 Å². The minimum atomic E-state index is -3.70. The fourth-order valence-corrected chi connectivity index (χ4v) is 2.64. The van der Waals surface area contributed by atoms with Gasteiger partial charge in [0.25, 0.3) is 10.0 Å². The normalized spacial score (nSPS) is 10.9. The van der Waals surface area contributed by atoms with Crippen molar-refractivity contribution in [2.24, 2.45) is 0 Å². The first-order valence-electron chi connectivity index (χ1n) is 5.98. The van der Waals surface area contributed by atoms with Crippen LogP contribution in [0.1, 0.15) is 0 Å². The minimum Gasteiger partial charge on any atom is -0.546 e. The molecule has 0 atom stereocenters. The third-order valence-electron chi connectivity index (χ3n) is 2.52. The highest BCUT2D eigenvalue weighted by Crippen LogP contribution is 2.19. The van der Waals surface area contributed by atoms with Crippen molar-refractivity contribution in [2.75, 3.05) is 11.3 Å². The summed E-state index contributed by atoms with van der Waals surface area (Å²) in [5, 5.41) is 10.3. The molecule has 0 amide bonds. The Hall–Kier alpha value is -2.54. The van der Waals surface area contributed by atoms with E-state index in [1.54, 1.807) is 30.3 Å². The van der Waals surface area contributed by atoms with E-state index in [4.69, 9.17) is 4.74 Å². The van der Waals surface area contributed by atoms with Gasteiger partial charge in [0.2, 0.25) is 0 Å². The number of carbonyl (C=O) groups is 1. The number of benzene rings is 2. The van der Waals surface area contributed by atoms with E-state index in [9.17, 15) is 18.3 Å². The van der Waals surface area contributed by atoms with E-state index in [1.165, 1.54) is 24.3 Å². The summed E-state index contributed by atoms with van der Waals surface area (Å²) in [5.74, 6) is -1.10. The summed E-state index contributed by atoms with van der Waals surface area (Å²) in [7, 11) is -3.70. The molecular formula is C14H12NO5S-. The third-order valence-corrected chi connectivity index (χ3v) is 3.91. The Morgan fingerprint density at radius 2 is 1.67 bits per heavy atom. The average molecular weight is 306 g/mol. The highest BCUT2D eigenvalue weighted by molar-refractivity contribution is 7.92. The van der Waals surface area contributed by atoms with Crippen LogP contribution in [0, 0.1) is 0 Å². The van der Waals surface area contributed by atoms with Gasteiger partial charge in [0.1, 0.15) is 12.4 Å². The molecule has 2 aromatic rings. The number of aliphatic carboxylic acids is 1. The number of hydrogen-bond donors (Lipinski definition) is 1. The van der Waals surface area contributed by atoms with Gasteiger partial charge < -0.3 is 14.6 Å². The summed E-state index contributed by atoms with van der Waals surface area (Å²) in [5.41, 5.74) is 0.453. The van der Waals surface area contributed by atoms with Crippen molar-refractivity contribution in [3.8, 4) is 5.75 Å². The number of sulfonamides is 1. The second-order valence-corrected chi connectivity index (χ2v) is 5.79. The second-order valence-electron chi connectivity index (χ2n) is 4.10. The first kappa shape index (κ1) is 14.9. The molecule has 1 N–H and O–H groups in total. The number of hydrogen-bond acceptors (Lipinski definition) is 5. The van der Waals surface area contributed by atoms with Crippen molar-refractivity contribution in [1.82, 2.24) is 0 Å². The molecule has 2 rings (SSSR count). The summed E-state index contributed by atoms with van der Waals surface area (Å²) in [6.07, 6.45) is 0. The summed E-state index contributed by atoms with van der Waals surface area (Å²) < 4.78 is 31.6. The quantitative estimate of drug-likeness (QED) is 0.844. The Bertz CT molecular complexity index is 711. The zero-order chi connectivity index (χ0) is 15.3. The molecule has 6 nitrogen and oxygen atoms in total. The zero-order valence-corrected chi connectivity index (χ0v) is 11.7. The summed E-state index contributed by atoms with van der Waals surface area (Å²) in [6.45, 7) is -0.589. The number of carboxylic acid groups (broad SMARTS) is 1. The lowest BCUT2D eigenvalue weighted by Gasteiger charge is -2.09. The van der Waals surface area contributed by atoms with Gasteiger partial charge in [-0.05, 0) is 36.4 Å². The smallest absolute Gasteiger partial charge is 0.261 e. The molecule has 0 aliphatic heterocycles. The van der Waals surface area contributed by atoms with E-state index in [-0.39, 0.29) is 10.6 Å². The molecule has 0 aromatic heterocycles. The fourth-order valence-electron chi connectivity index (χ4n) is 1.58. The van der Waals surface area contributed by atoms with Crippen molar-refractivity contribution >= 4 is 21.7 Å². The van der Waals surface area contributed by atoms with Crippen LogP contribution in [0.4, 0.5) is 5.69 Å². The average Bonchev–Trinajstić information content (AvgIpc) is 2.46. The van der Waals surface area contributed by atoms with E-state index >= 15 is 0 Å². The van der Waals surface area contributed by atoms with Crippen LogP contribution in [-0.4, -0.2) is 21.0 Å². The molecular weight excluding hydrogens is 294 g/mol. The molecule has 21 heavy (non-hydrogen) atoms. The van der Waals surface area contributed by atoms with E-state index in [1.807, 2.05) is 0 Å². The van der Waals surface area contributed by atoms with Crippen LogP contribution in [0.15, 0.2) is 59.5 Å². The van der Waals surface area contributed by atoms with Crippen molar-refractivity contribution in [3.63, 3.8) is 0 Å². The van der Waals surface area contributed by atoms with Crippen LogP contribution < -0.4 is 14.6 Å². The number of anilines is 1. The molecule has 0 heterocycles. The largest absolute Gasteiger partial charge is 0.546 e. The number of carbonyl (C=O) groups excluding carboxylic acids is 1. The number of nitrogens with one attached hydrogen (secondary N) is 1. The predicted molar refractivity (Wildman–Crippen MR) is 74.2 cm³/mol. The topological polar surface area (TPSA) is 95.5 Å². The molecule has 0 bridgehead atoms. The van der Waals surface area contributed by atoms with Crippen LogP contribution in [0.3, 0.4) is 0 Å². The predicted octanol–water partition coefficient (Wildman–Crippen LogP) is 0.616. The van der Waals surface area contributed by atoms with Gasteiger partial charge in [-0.1, -0.05) is 18.2 Å². The molecule has 0 fully saturated rings. The molecule has 7 heteroatoms. The molecule has 0 saturated heterocycles. The van der Waals surface area contributed by atoms with Gasteiger partial charge in [-0.3, -0.25) is 4.72 Å². The molecule has 110 valence electrons. The summed E-state index contributed by atoms with van der Waals surface area (Å²) in [6, 6.07) is 13.9. The third kappa shape index (κ3) is 4.22. The van der Waals surface area contributed by atoms with Gasteiger partial charge in [0, 0.05) is 5.69 Å². The summed E-state index contributed by atoms with van der Waals surface area (Å²) in [4.78, 5) is 10.3. The van der Waals surface area contributed by atoms with Crippen molar-refractivity contribution < 1.29 is 23.1 Å². The minimum absolute atomic E-state index is 0.0483. The van der Waals surface area contributed by atoms with Crippen LogP contribution >= 0.6 is 0 Å². The molecule has 0 saturated carbocycles. The molecule has 0 unspecified atom stereocenters. The van der Waals surface area contributed by atoms with Crippen molar-refractivity contribution in [2.45, 2.75) is 4.90 Å². The summed E-state index contributed by atoms with van der Waals surface area (Å²) >= 11 is 0. The number of para-hydroxylation sites is 1. The first-order valence-corrected chi connectivity index (χ1v) is 7.46. The maximum atomic E-state index is 12.1. The molecule has 0 aliphatic carbocycles. The van der Waals surface area contributed by atoms with E-state index < -0.39 is 22.6 Å². The lowest BCUT2D eigenvalue weighted by molar-refractivity contribution is -0.307.